The van der Waals surface area contributed by atoms with Gasteiger partial charge in [0, 0.05) is 13.7 Å². The van der Waals surface area contributed by atoms with Crippen LogP contribution < -0.4 is 0 Å². The molecule has 0 amide bonds. The average Bonchev–Trinajstić information content (AvgIpc) is 2.86. The molecule has 0 saturated carbocycles. The molecule has 1 aromatic heterocycles. The Hall–Kier alpha value is -0.920. The fraction of sp³-hybridized carbons (Fsp3) is 0.667. The maximum Gasteiger partial charge on any atom is 0.246 e. The van der Waals surface area contributed by atoms with E-state index in [0.29, 0.717) is 18.9 Å². The van der Waals surface area contributed by atoms with Crippen LogP contribution in [0.5, 0.6) is 0 Å². The molecule has 1 aliphatic heterocycles. The Morgan fingerprint density at radius 1 is 1.62 bits per heavy atom. The van der Waals surface area contributed by atoms with E-state index in [0.717, 1.165) is 6.42 Å². The van der Waals surface area contributed by atoms with Crippen molar-refractivity contribution in [1.29, 1.82) is 0 Å². The van der Waals surface area contributed by atoms with Crippen molar-refractivity contribution in [3.63, 3.8) is 0 Å². The lowest BCUT2D eigenvalue weighted by Crippen LogP contribution is -2.37. The number of rotatable bonds is 3. The van der Waals surface area contributed by atoms with Crippen LogP contribution in [0, 0.1) is 6.92 Å². The van der Waals surface area contributed by atoms with Gasteiger partial charge in [0.05, 0.1) is 24.5 Å². The third kappa shape index (κ3) is 1.85. The van der Waals surface area contributed by atoms with E-state index >= 15 is 0 Å². The summed E-state index contributed by atoms with van der Waals surface area (Å²) in [5.74, 6) is 0. The average molecular weight is 245 g/mol. The minimum atomic E-state index is -3.45. The molecule has 1 saturated heterocycles. The second kappa shape index (κ2) is 4.15. The number of aromatic nitrogens is 2. The van der Waals surface area contributed by atoms with Crippen LogP contribution in [0.25, 0.3) is 0 Å². The number of likely N-dealkylation sites (N-methyl/N-ethyl adjacent to an activating group) is 1. The van der Waals surface area contributed by atoms with E-state index < -0.39 is 10.0 Å². The molecule has 0 radical (unpaired) electrons. The van der Waals surface area contributed by atoms with Crippen molar-refractivity contribution in [3.8, 4) is 0 Å². The predicted molar refractivity (Wildman–Crippen MR) is 57.5 cm³/mol. The minimum absolute atomic E-state index is 0.0701. The molecule has 0 spiro atoms. The Morgan fingerprint density at radius 3 is 2.88 bits per heavy atom. The number of nitrogens with zero attached hydrogens (tertiary/aromatic N) is 2. The third-order valence-electron chi connectivity index (χ3n) is 2.86. The number of hydrogen-bond donors (Lipinski definition) is 1. The Bertz CT molecular complexity index is 462. The Labute approximate surface area is 94.6 Å². The SMILES string of the molecule is Cc1[nH]ncc1S(=O)(=O)N(C)C1CCOC1. The van der Waals surface area contributed by atoms with E-state index in [9.17, 15) is 8.42 Å². The van der Waals surface area contributed by atoms with E-state index in [1.165, 1.54) is 10.5 Å². The summed E-state index contributed by atoms with van der Waals surface area (Å²) < 4.78 is 31.0. The molecule has 1 N–H and O–H groups in total. The van der Waals surface area contributed by atoms with Crippen LogP contribution in [-0.2, 0) is 14.8 Å². The number of aryl methyl sites for hydroxylation is 1. The van der Waals surface area contributed by atoms with Gasteiger partial charge in [0.2, 0.25) is 10.0 Å². The number of nitrogens with one attached hydrogen (secondary N) is 1. The van der Waals surface area contributed by atoms with Crippen LogP contribution in [0.4, 0.5) is 0 Å². The van der Waals surface area contributed by atoms with Crippen molar-refractivity contribution < 1.29 is 13.2 Å². The van der Waals surface area contributed by atoms with E-state index in [1.54, 1.807) is 14.0 Å². The molecule has 90 valence electrons. The molecule has 2 rings (SSSR count). The third-order valence-corrected chi connectivity index (χ3v) is 4.88. The summed E-state index contributed by atoms with van der Waals surface area (Å²) in [6, 6.07) is -0.0701. The zero-order valence-electron chi connectivity index (χ0n) is 9.30. The monoisotopic (exact) mass is 245 g/mol. The molecule has 1 aliphatic rings. The standard InChI is InChI=1S/C9H15N3O3S/c1-7-9(5-10-11-7)16(13,14)12(2)8-3-4-15-6-8/h5,8H,3-4,6H2,1-2H3,(H,10,11). The highest BCUT2D eigenvalue weighted by Gasteiger charge is 2.32. The molecule has 0 aliphatic carbocycles. The summed E-state index contributed by atoms with van der Waals surface area (Å²) >= 11 is 0. The lowest BCUT2D eigenvalue weighted by atomic mass is 10.3. The van der Waals surface area contributed by atoms with Crippen molar-refractivity contribution in [2.45, 2.75) is 24.3 Å². The Morgan fingerprint density at radius 2 is 2.38 bits per heavy atom. The number of sulfonamides is 1. The molecule has 1 unspecified atom stereocenters. The predicted octanol–water partition coefficient (Wildman–Crippen LogP) is 0.128. The van der Waals surface area contributed by atoms with Gasteiger partial charge < -0.3 is 4.74 Å². The first-order valence-electron chi connectivity index (χ1n) is 5.09. The number of H-pyrrole nitrogens is 1. The first kappa shape index (κ1) is 11.6. The van der Waals surface area contributed by atoms with Gasteiger partial charge >= 0.3 is 0 Å². The quantitative estimate of drug-likeness (QED) is 0.821. The highest BCUT2D eigenvalue weighted by atomic mass is 32.2. The summed E-state index contributed by atoms with van der Waals surface area (Å²) in [5.41, 5.74) is 0.561. The van der Waals surface area contributed by atoms with Crippen molar-refractivity contribution in [2.24, 2.45) is 0 Å². The molecular formula is C9H15N3O3S. The van der Waals surface area contributed by atoms with Crippen LogP contribution in [0.2, 0.25) is 0 Å². The summed E-state index contributed by atoms with van der Waals surface area (Å²) in [5, 5.41) is 6.37. The Balaban J connectivity index is 2.28. The molecule has 0 bridgehead atoms. The highest BCUT2D eigenvalue weighted by molar-refractivity contribution is 7.89. The van der Waals surface area contributed by atoms with Crippen molar-refractivity contribution in [2.75, 3.05) is 20.3 Å². The summed E-state index contributed by atoms with van der Waals surface area (Å²) in [6.45, 7) is 2.78. The van der Waals surface area contributed by atoms with Gasteiger partial charge in [-0.3, -0.25) is 5.10 Å². The molecule has 7 heteroatoms. The second-order valence-electron chi connectivity index (χ2n) is 3.90. The van der Waals surface area contributed by atoms with E-state index in [1.807, 2.05) is 0 Å². The zero-order chi connectivity index (χ0) is 11.8. The van der Waals surface area contributed by atoms with Gasteiger partial charge in [-0.15, -0.1) is 0 Å². The maximum absolute atomic E-state index is 12.2. The number of aromatic amines is 1. The fourth-order valence-corrected chi connectivity index (χ4v) is 3.25. The highest BCUT2D eigenvalue weighted by Crippen LogP contribution is 2.21. The smallest absolute Gasteiger partial charge is 0.246 e. The van der Waals surface area contributed by atoms with E-state index in [4.69, 9.17) is 4.74 Å². The van der Waals surface area contributed by atoms with Gasteiger partial charge in [-0.2, -0.15) is 9.40 Å². The molecule has 1 fully saturated rings. The normalized spacial score (nSPS) is 21.8. The van der Waals surface area contributed by atoms with E-state index in [2.05, 4.69) is 10.2 Å². The summed E-state index contributed by atoms with van der Waals surface area (Å²) in [7, 11) is -1.87. The summed E-state index contributed by atoms with van der Waals surface area (Å²) in [4.78, 5) is 0.238. The molecule has 0 aromatic carbocycles. The van der Waals surface area contributed by atoms with Gasteiger partial charge in [0.1, 0.15) is 4.90 Å². The van der Waals surface area contributed by atoms with Crippen LogP contribution in [0.15, 0.2) is 11.1 Å². The summed E-state index contributed by atoms with van der Waals surface area (Å²) in [6.07, 6.45) is 2.09. The zero-order valence-corrected chi connectivity index (χ0v) is 10.1. The first-order chi connectivity index (χ1) is 7.53. The topological polar surface area (TPSA) is 75.3 Å². The van der Waals surface area contributed by atoms with Gasteiger partial charge in [-0.25, -0.2) is 8.42 Å². The molecule has 2 heterocycles. The fourth-order valence-electron chi connectivity index (χ4n) is 1.76. The van der Waals surface area contributed by atoms with Gasteiger partial charge in [-0.1, -0.05) is 0 Å². The van der Waals surface area contributed by atoms with Crippen LogP contribution in [0.1, 0.15) is 12.1 Å². The Kier molecular flexibility index (Phi) is 3.00. The molecule has 1 atom stereocenters. The largest absolute Gasteiger partial charge is 0.380 e. The lowest BCUT2D eigenvalue weighted by molar-refractivity contribution is 0.181. The molecule has 1 aromatic rings. The van der Waals surface area contributed by atoms with Crippen molar-refractivity contribution in [1.82, 2.24) is 14.5 Å². The second-order valence-corrected chi connectivity index (χ2v) is 5.86. The van der Waals surface area contributed by atoms with Crippen LogP contribution in [0.3, 0.4) is 0 Å². The molecule has 6 nitrogen and oxygen atoms in total. The molecular weight excluding hydrogens is 230 g/mol. The van der Waals surface area contributed by atoms with Crippen LogP contribution >= 0.6 is 0 Å². The van der Waals surface area contributed by atoms with Gasteiger partial charge in [0.15, 0.2) is 0 Å². The van der Waals surface area contributed by atoms with E-state index in [-0.39, 0.29) is 10.9 Å². The number of hydrogen-bond acceptors (Lipinski definition) is 4. The van der Waals surface area contributed by atoms with Crippen molar-refractivity contribution in [3.05, 3.63) is 11.9 Å². The minimum Gasteiger partial charge on any atom is -0.380 e. The first-order valence-corrected chi connectivity index (χ1v) is 6.53. The maximum atomic E-state index is 12.2. The number of ether oxygens (including phenoxy) is 1. The molecule has 16 heavy (non-hydrogen) atoms. The van der Waals surface area contributed by atoms with Gasteiger partial charge in [-0.05, 0) is 13.3 Å². The lowest BCUT2D eigenvalue weighted by Gasteiger charge is -2.21. The van der Waals surface area contributed by atoms with Gasteiger partial charge in [0.25, 0.3) is 0 Å². The van der Waals surface area contributed by atoms with Crippen molar-refractivity contribution >= 4 is 10.0 Å². The van der Waals surface area contributed by atoms with Crippen LogP contribution in [-0.4, -0.2) is 49.2 Å².